The van der Waals surface area contributed by atoms with Crippen LogP contribution in [-0.4, -0.2) is 22.7 Å². The van der Waals surface area contributed by atoms with Gasteiger partial charge in [-0.25, -0.2) is 0 Å². The van der Waals surface area contributed by atoms with Crippen LogP contribution in [-0.2, 0) is 16.0 Å². The number of rotatable bonds is 5. The van der Waals surface area contributed by atoms with Crippen LogP contribution in [0.5, 0.6) is 5.75 Å². The zero-order valence-electron chi connectivity index (χ0n) is 13.6. The largest absolute Gasteiger partial charge is 0.508 e. The highest BCUT2D eigenvalue weighted by molar-refractivity contribution is 5.76. The SMILES string of the molecule is CC(C)(C)CC(C)(C)OC(=O)C(N)Cc1ccc(O)cc1. The topological polar surface area (TPSA) is 72.5 Å². The molecule has 0 heterocycles. The summed E-state index contributed by atoms with van der Waals surface area (Å²) in [6.45, 7) is 10.1. The molecule has 1 aromatic carbocycles. The Hall–Kier alpha value is -1.55. The van der Waals surface area contributed by atoms with Crippen molar-refractivity contribution in [1.29, 1.82) is 0 Å². The number of hydrogen-bond acceptors (Lipinski definition) is 4. The lowest BCUT2D eigenvalue weighted by Gasteiger charge is -2.33. The lowest BCUT2D eigenvalue weighted by molar-refractivity contribution is -0.160. The molecule has 21 heavy (non-hydrogen) atoms. The fraction of sp³-hybridized carbons (Fsp3) is 0.588. The van der Waals surface area contributed by atoms with Crippen molar-refractivity contribution in [2.45, 2.75) is 59.1 Å². The van der Waals surface area contributed by atoms with Crippen molar-refractivity contribution < 1.29 is 14.6 Å². The van der Waals surface area contributed by atoms with Crippen molar-refractivity contribution in [2.75, 3.05) is 0 Å². The molecule has 0 aliphatic heterocycles. The zero-order valence-corrected chi connectivity index (χ0v) is 13.6. The monoisotopic (exact) mass is 293 g/mol. The molecule has 0 aliphatic rings. The van der Waals surface area contributed by atoms with Crippen LogP contribution in [0, 0.1) is 5.41 Å². The summed E-state index contributed by atoms with van der Waals surface area (Å²) in [7, 11) is 0. The number of nitrogens with two attached hydrogens (primary N) is 1. The number of aromatic hydroxyl groups is 1. The first-order valence-electron chi connectivity index (χ1n) is 7.25. The number of carbonyl (C=O) groups excluding carboxylic acids is 1. The highest BCUT2D eigenvalue weighted by atomic mass is 16.6. The van der Waals surface area contributed by atoms with Crippen molar-refractivity contribution in [3.8, 4) is 5.75 Å². The molecule has 0 fully saturated rings. The molecule has 4 nitrogen and oxygen atoms in total. The average Bonchev–Trinajstić information content (AvgIpc) is 2.28. The summed E-state index contributed by atoms with van der Waals surface area (Å²) in [5, 5.41) is 9.24. The Labute approximate surface area is 127 Å². The van der Waals surface area contributed by atoms with Gasteiger partial charge in [-0.15, -0.1) is 0 Å². The third-order valence-corrected chi connectivity index (χ3v) is 3.03. The van der Waals surface area contributed by atoms with Crippen LogP contribution < -0.4 is 5.73 Å². The maximum atomic E-state index is 12.1. The van der Waals surface area contributed by atoms with Crippen molar-refractivity contribution >= 4 is 5.97 Å². The quantitative estimate of drug-likeness (QED) is 0.819. The molecular weight excluding hydrogens is 266 g/mol. The first-order valence-corrected chi connectivity index (χ1v) is 7.25. The van der Waals surface area contributed by atoms with Crippen LogP contribution in [0.3, 0.4) is 0 Å². The Morgan fingerprint density at radius 1 is 1.19 bits per heavy atom. The Morgan fingerprint density at radius 2 is 1.71 bits per heavy atom. The number of hydrogen-bond donors (Lipinski definition) is 2. The van der Waals surface area contributed by atoms with Gasteiger partial charge in [0.05, 0.1) is 0 Å². The number of phenolic OH excluding ortho intramolecular Hbond substituents is 1. The van der Waals surface area contributed by atoms with Crippen LogP contribution in [0.1, 0.15) is 46.6 Å². The Bertz CT molecular complexity index is 472. The lowest BCUT2D eigenvalue weighted by atomic mass is 9.83. The minimum atomic E-state index is -0.700. The summed E-state index contributed by atoms with van der Waals surface area (Å²) < 4.78 is 5.56. The van der Waals surface area contributed by atoms with Gasteiger partial charge in [0.1, 0.15) is 17.4 Å². The highest BCUT2D eigenvalue weighted by Crippen LogP contribution is 2.29. The van der Waals surface area contributed by atoms with Gasteiger partial charge in [0.25, 0.3) is 0 Å². The van der Waals surface area contributed by atoms with Crippen LogP contribution in [0.15, 0.2) is 24.3 Å². The van der Waals surface area contributed by atoms with Gasteiger partial charge in [-0.2, -0.15) is 0 Å². The van der Waals surface area contributed by atoms with E-state index in [1.54, 1.807) is 24.3 Å². The smallest absolute Gasteiger partial charge is 0.323 e. The highest BCUT2D eigenvalue weighted by Gasteiger charge is 2.30. The third kappa shape index (κ3) is 6.63. The summed E-state index contributed by atoms with van der Waals surface area (Å²) in [4.78, 5) is 12.1. The van der Waals surface area contributed by atoms with E-state index in [4.69, 9.17) is 10.5 Å². The maximum absolute atomic E-state index is 12.1. The molecule has 0 spiro atoms. The molecule has 0 bridgehead atoms. The van der Waals surface area contributed by atoms with E-state index in [0.717, 1.165) is 12.0 Å². The summed E-state index contributed by atoms with van der Waals surface area (Å²) in [5.74, 6) is -0.196. The molecule has 0 aromatic heterocycles. The number of ether oxygens (including phenoxy) is 1. The molecule has 4 heteroatoms. The molecule has 0 amide bonds. The van der Waals surface area contributed by atoms with Gasteiger partial charge in [-0.1, -0.05) is 32.9 Å². The number of esters is 1. The maximum Gasteiger partial charge on any atom is 0.323 e. The lowest BCUT2D eigenvalue weighted by Crippen LogP contribution is -2.41. The summed E-state index contributed by atoms with van der Waals surface area (Å²) in [5.41, 5.74) is 6.35. The van der Waals surface area contributed by atoms with Gasteiger partial charge in [-0.3, -0.25) is 4.79 Å². The zero-order chi connectivity index (χ0) is 16.3. The Balaban J connectivity index is 2.60. The number of phenols is 1. The molecular formula is C17H27NO3. The van der Waals surface area contributed by atoms with Crippen LogP contribution >= 0.6 is 0 Å². The van der Waals surface area contributed by atoms with E-state index in [1.807, 2.05) is 13.8 Å². The molecule has 1 unspecified atom stereocenters. The normalized spacial score (nSPS) is 13.8. The van der Waals surface area contributed by atoms with E-state index >= 15 is 0 Å². The second-order valence-electron chi connectivity index (χ2n) is 7.40. The molecule has 0 radical (unpaired) electrons. The van der Waals surface area contributed by atoms with Gasteiger partial charge in [0.2, 0.25) is 0 Å². The molecule has 0 saturated heterocycles. The molecule has 118 valence electrons. The Kier molecular flexibility index (Phi) is 5.40. The first-order chi connectivity index (χ1) is 9.48. The van der Waals surface area contributed by atoms with Gasteiger partial charge in [0, 0.05) is 0 Å². The number of benzene rings is 1. The molecule has 1 rings (SSSR count). The van der Waals surface area contributed by atoms with Gasteiger partial charge in [-0.05, 0) is 49.8 Å². The van der Waals surface area contributed by atoms with Gasteiger partial charge < -0.3 is 15.6 Å². The minimum Gasteiger partial charge on any atom is -0.508 e. The van der Waals surface area contributed by atoms with Crippen LogP contribution in [0.4, 0.5) is 0 Å². The predicted octanol–water partition coefficient (Wildman–Crippen LogP) is 3.02. The molecule has 1 atom stereocenters. The van der Waals surface area contributed by atoms with Crippen molar-refractivity contribution in [2.24, 2.45) is 11.1 Å². The van der Waals surface area contributed by atoms with Crippen molar-refractivity contribution in [1.82, 2.24) is 0 Å². The van der Waals surface area contributed by atoms with Gasteiger partial charge in [0.15, 0.2) is 0 Å². The van der Waals surface area contributed by atoms with E-state index in [1.165, 1.54) is 0 Å². The molecule has 0 saturated carbocycles. The summed E-state index contributed by atoms with van der Waals surface area (Å²) >= 11 is 0. The minimum absolute atomic E-state index is 0.0742. The van der Waals surface area contributed by atoms with Crippen molar-refractivity contribution in [3.63, 3.8) is 0 Å². The fourth-order valence-electron chi connectivity index (χ4n) is 2.63. The standard InChI is InChI=1S/C17H27NO3/c1-16(2,3)11-17(4,5)21-15(20)14(18)10-12-6-8-13(19)9-7-12/h6-9,14,19H,10-11,18H2,1-5H3. The third-order valence-electron chi connectivity index (χ3n) is 3.03. The second kappa shape index (κ2) is 6.48. The van der Waals surface area contributed by atoms with Crippen LogP contribution in [0.2, 0.25) is 0 Å². The first kappa shape index (κ1) is 17.5. The molecule has 1 aromatic rings. The van der Waals surface area contributed by atoms with Crippen molar-refractivity contribution in [3.05, 3.63) is 29.8 Å². The van der Waals surface area contributed by atoms with E-state index in [2.05, 4.69) is 20.8 Å². The van der Waals surface area contributed by atoms with E-state index in [-0.39, 0.29) is 11.2 Å². The predicted molar refractivity (Wildman–Crippen MR) is 84.0 cm³/mol. The summed E-state index contributed by atoms with van der Waals surface area (Å²) in [6.07, 6.45) is 1.16. The van der Waals surface area contributed by atoms with Gasteiger partial charge >= 0.3 is 5.97 Å². The van der Waals surface area contributed by atoms with E-state index < -0.39 is 17.6 Å². The number of carbonyl (C=O) groups is 1. The fourth-order valence-corrected chi connectivity index (χ4v) is 2.63. The van der Waals surface area contributed by atoms with E-state index in [9.17, 15) is 9.90 Å². The van der Waals surface area contributed by atoms with E-state index in [0.29, 0.717) is 6.42 Å². The molecule has 0 aliphatic carbocycles. The Morgan fingerprint density at radius 3 is 2.19 bits per heavy atom. The second-order valence-corrected chi connectivity index (χ2v) is 7.40. The van der Waals surface area contributed by atoms with Crippen LogP contribution in [0.25, 0.3) is 0 Å². The molecule has 3 N–H and O–H groups in total. The summed E-state index contributed by atoms with van der Waals surface area (Å²) in [6, 6.07) is 5.97. The average molecular weight is 293 g/mol.